The zero-order valence-electron chi connectivity index (χ0n) is 10.9. The molecule has 20 heavy (non-hydrogen) atoms. The van der Waals surface area contributed by atoms with E-state index in [9.17, 15) is 4.39 Å². The van der Waals surface area contributed by atoms with Gasteiger partial charge in [-0.2, -0.15) is 0 Å². The van der Waals surface area contributed by atoms with Crippen molar-refractivity contribution in [1.82, 2.24) is 0 Å². The fourth-order valence-electron chi connectivity index (χ4n) is 2.58. The standard InChI is InChI=1S/C16H15BrFNO/c17-12-7-11-5-6-20-16(11)13(9-12)15(19)8-10-3-1-2-4-14(10)18/h1-4,7,9,15H,5-6,8,19H2. The SMILES string of the molecule is NC(Cc1ccccc1F)c1cc(Br)cc2c1OCC2. The molecule has 1 atom stereocenters. The molecule has 2 aromatic carbocycles. The maximum Gasteiger partial charge on any atom is 0.127 e. The van der Waals surface area contributed by atoms with E-state index in [2.05, 4.69) is 22.0 Å². The lowest BCUT2D eigenvalue weighted by Gasteiger charge is -2.16. The fraction of sp³-hybridized carbons (Fsp3) is 0.250. The van der Waals surface area contributed by atoms with E-state index >= 15 is 0 Å². The van der Waals surface area contributed by atoms with Crippen LogP contribution in [0.15, 0.2) is 40.9 Å². The van der Waals surface area contributed by atoms with Gasteiger partial charge in [-0.05, 0) is 35.7 Å². The van der Waals surface area contributed by atoms with E-state index in [1.165, 1.54) is 11.6 Å². The molecule has 1 heterocycles. The second kappa shape index (κ2) is 5.54. The van der Waals surface area contributed by atoms with Gasteiger partial charge in [-0.1, -0.05) is 34.1 Å². The van der Waals surface area contributed by atoms with Crippen molar-refractivity contribution in [2.24, 2.45) is 5.73 Å². The highest BCUT2D eigenvalue weighted by atomic mass is 79.9. The largest absolute Gasteiger partial charge is 0.493 e. The first kappa shape index (κ1) is 13.6. The van der Waals surface area contributed by atoms with Crippen molar-refractivity contribution in [1.29, 1.82) is 0 Å². The van der Waals surface area contributed by atoms with Gasteiger partial charge < -0.3 is 10.5 Å². The molecule has 0 saturated carbocycles. The predicted molar refractivity (Wildman–Crippen MR) is 80.4 cm³/mol. The van der Waals surface area contributed by atoms with Gasteiger partial charge in [0.15, 0.2) is 0 Å². The van der Waals surface area contributed by atoms with E-state index in [0.717, 1.165) is 22.2 Å². The molecule has 4 heteroatoms. The van der Waals surface area contributed by atoms with Crippen molar-refractivity contribution in [3.63, 3.8) is 0 Å². The van der Waals surface area contributed by atoms with Crippen LogP contribution in [0.3, 0.4) is 0 Å². The summed E-state index contributed by atoms with van der Waals surface area (Å²) in [6, 6.07) is 10.5. The molecule has 1 aliphatic heterocycles. The van der Waals surface area contributed by atoms with E-state index in [0.29, 0.717) is 18.6 Å². The second-order valence-electron chi connectivity index (χ2n) is 4.98. The summed E-state index contributed by atoms with van der Waals surface area (Å²) in [5.41, 5.74) is 9.01. The van der Waals surface area contributed by atoms with Crippen LogP contribution < -0.4 is 10.5 Å². The van der Waals surface area contributed by atoms with Crippen molar-refractivity contribution in [3.8, 4) is 5.75 Å². The van der Waals surface area contributed by atoms with Gasteiger partial charge >= 0.3 is 0 Å². The number of ether oxygens (including phenoxy) is 1. The third kappa shape index (κ3) is 2.58. The Bertz CT molecular complexity index is 644. The van der Waals surface area contributed by atoms with E-state index in [-0.39, 0.29) is 11.9 Å². The Morgan fingerprint density at radius 1 is 1.30 bits per heavy atom. The van der Waals surface area contributed by atoms with Crippen molar-refractivity contribution in [3.05, 3.63) is 63.4 Å². The summed E-state index contributed by atoms with van der Waals surface area (Å²) >= 11 is 3.50. The van der Waals surface area contributed by atoms with Gasteiger partial charge in [0.25, 0.3) is 0 Å². The van der Waals surface area contributed by atoms with E-state index < -0.39 is 0 Å². The van der Waals surface area contributed by atoms with Gasteiger partial charge in [0.2, 0.25) is 0 Å². The first-order chi connectivity index (χ1) is 9.65. The molecule has 2 N–H and O–H groups in total. The summed E-state index contributed by atoms with van der Waals surface area (Å²) in [5, 5.41) is 0. The number of halogens is 2. The quantitative estimate of drug-likeness (QED) is 0.926. The van der Waals surface area contributed by atoms with Gasteiger partial charge in [-0.25, -0.2) is 4.39 Å². The number of hydrogen-bond donors (Lipinski definition) is 1. The predicted octanol–water partition coefficient (Wildman–Crippen LogP) is 3.77. The number of hydrogen-bond acceptors (Lipinski definition) is 2. The molecule has 0 aromatic heterocycles. The van der Waals surface area contributed by atoms with Crippen LogP contribution in [0.1, 0.15) is 22.7 Å². The lowest BCUT2D eigenvalue weighted by atomic mass is 9.96. The molecule has 0 fully saturated rings. The average Bonchev–Trinajstić information content (AvgIpc) is 2.88. The maximum atomic E-state index is 13.7. The molecular weight excluding hydrogens is 321 g/mol. The molecule has 1 aliphatic rings. The Morgan fingerprint density at radius 3 is 2.90 bits per heavy atom. The topological polar surface area (TPSA) is 35.2 Å². The Hall–Kier alpha value is -1.39. The van der Waals surface area contributed by atoms with Crippen LogP contribution in [-0.2, 0) is 12.8 Å². The Morgan fingerprint density at radius 2 is 2.10 bits per heavy atom. The van der Waals surface area contributed by atoms with E-state index in [1.54, 1.807) is 12.1 Å². The normalized spacial score (nSPS) is 14.8. The minimum Gasteiger partial charge on any atom is -0.493 e. The Balaban J connectivity index is 1.92. The molecule has 2 nitrogen and oxygen atoms in total. The maximum absolute atomic E-state index is 13.7. The molecule has 0 bridgehead atoms. The number of benzene rings is 2. The number of rotatable bonds is 3. The highest BCUT2D eigenvalue weighted by molar-refractivity contribution is 9.10. The molecule has 1 unspecified atom stereocenters. The Labute approximate surface area is 125 Å². The van der Waals surface area contributed by atoms with Crippen molar-refractivity contribution in [2.75, 3.05) is 6.61 Å². The van der Waals surface area contributed by atoms with Crippen molar-refractivity contribution < 1.29 is 9.13 Å². The zero-order valence-corrected chi connectivity index (χ0v) is 12.5. The van der Waals surface area contributed by atoms with Crippen molar-refractivity contribution >= 4 is 15.9 Å². The third-order valence-electron chi connectivity index (χ3n) is 3.57. The van der Waals surface area contributed by atoms with E-state index in [4.69, 9.17) is 10.5 Å². The molecule has 3 rings (SSSR count). The summed E-state index contributed by atoms with van der Waals surface area (Å²) in [7, 11) is 0. The molecule has 0 saturated heterocycles. The van der Waals surface area contributed by atoms with Gasteiger partial charge in [-0.3, -0.25) is 0 Å². The third-order valence-corrected chi connectivity index (χ3v) is 4.03. The smallest absolute Gasteiger partial charge is 0.127 e. The van der Waals surface area contributed by atoms with Gasteiger partial charge in [-0.15, -0.1) is 0 Å². The van der Waals surface area contributed by atoms with Crippen LogP contribution in [0.4, 0.5) is 4.39 Å². The molecule has 2 aromatic rings. The number of nitrogens with two attached hydrogens (primary N) is 1. The highest BCUT2D eigenvalue weighted by Gasteiger charge is 2.22. The molecule has 0 spiro atoms. The summed E-state index contributed by atoms with van der Waals surface area (Å²) < 4.78 is 20.4. The average molecular weight is 336 g/mol. The van der Waals surface area contributed by atoms with Gasteiger partial charge in [0.1, 0.15) is 11.6 Å². The zero-order chi connectivity index (χ0) is 14.1. The van der Waals surface area contributed by atoms with Crippen molar-refractivity contribution in [2.45, 2.75) is 18.9 Å². The van der Waals surface area contributed by atoms with Gasteiger partial charge in [0.05, 0.1) is 6.61 Å². The van der Waals surface area contributed by atoms with Crippen LogP contribution in [0.25, 0.3) is 0 Å². The van der Waals surface area contributed by atoms with Crippen LogP contribution >= 0.6 is 15.9 Å². The molecule has 0 aliphatic carbocycles. The molecular formula is C16H15BrFNO. The lowest BCUT2D eigenvalue weighted by molar-refractivity contribution is 0.351. The van der Waals surface area contributed by atoms with Crippen LogP contribution in [0.2, 0.25) is 0 Å². The summed E-state index contributed by atoms with van der Waals surface area (Å²) in [5.74, 6) is 0.660. The van der Waals surface area contributed by atoms with E-state index in [1.807, 2.05) is 12.1 Å². The molecule has 104 valence electrons. The summed E-state index contributed by atoms with van der Waals surface area (Å²) in [4.78, 5) is 0. The monoisotopic (exact) mass is 335 g/mol. The number of fused-ring (bicyclic) bond motifs is 1. The van der Waals surface area contributed by atoms with Gasteiger partial charge in [0, 0.05) is 22.5 Å². The fourth-order valence-corrected chi connectivity index (χ4v) is 3.11. The van der Waals surface area contributed by atoms with Crippen LogP contribution in [-0.4, -0.2) is 6.61 Å². The minimum absolute atomic E-state index is 0.212. The summed E-state index contributed by atoms with van der Waals surface area (Å²) in [6.07, 6.45) is 1.35. The minimum atomic E-state index is -0.281. The highest BCUT2D eigenvalue weighted by Crippen LogP contribution is 2.36. The second-order valence-corrected chi connectivity index (χ2v) is 5.90. The first-order valence-corrected chi connectivity index (χ1v) is 7.38. The van der Waals surface area contributed by atoms with Crippen LogP contribution in [0, 0.1) is 5.82 Å². The van der Waals surface area contributed by atoms with Crippen LogP contribution in [0.5, 0.6) is 5.75 Å². The Kier molecular flexibility index (Phi) is 3.76. The lowest BCUT2D eigenvalue weighted by Crippen LogP contribution is -2.15. The molecule has 0 amide bonds. The summed E-state index contributed by atoms with van der Waals surface area (Å²) in [6.45, 7) is 0.686. The molecule has 0 radical (unpaired) electrons. The first-order valence-electron chi connectivity index (χ1n) is 6.59.